The number of halogens is 1. The maximum atomic E-state index is 12.7. The normalized spacial score (nSPS) is 24.6. The number of hydrogen-bond donors (Lipinski definition) is 0. The molecule has 0 bridgehead atoms. The van der Waals surface area contributed by atoms with Crippen LogP contribution in [-0.2, 0) is 14.8 Å². The van der Waals surface area contributed by atoms with Gasteiger partial charge in [0.25, 0.3) is 0 Å². The van der Waals surface area contributed by atoms with Crippen LogP contribution in [0.4, 0.5) is 0 Å². The summed E-state index contributed by atoms with van der Waals surface area (Å²) in [5.74, 6) is 0.453. The Kier molecular flexibility index (Phi) is 4.59. The second kappa shape index (κ2) is 5.89. The van der Waals surface area contributed by atoms with Crippen LogP contribution in [-0.4, -0.2) is 45.1 Å². The van der Waals surface area contributed by atoms with Gasteiger partial charge in [-0.15, -0.1) is 0 Å². The molecule has 1 fully saturated rings. The molecule has 112 valence electrons. The number of nitrogens with zero attached hydrogens (tertiary/aromatic N) is 1. The van der Waals surface area contributed by atoms with E-state index < -0.39 is 10.0 Å². The summed E-state index contributed by atoms with van der Waals surface area (Å²) in [5, 5.41) is 0.280. The van der Waals surface area contributed by atoms with Gasteiger partial charge < -0.3 is 9.47 Å². The molecule has 0 unspecified atom stereocenters. The van der Waals surface area contributed by atoms with E-state index in [0.29, 0.717) is 18.9 Å². The number of ether oxygens (including phenoxy) is 2. The van der Waals surface area contributed by atoms with E-state index >= 15 is 0 Å². The van der Waals surface area contributed by atoms with Crippen molar-refractivity contribution in [1.82, 2.24) is 4.31 Å². The summed E-state index contributed by atoms with van der Waals surface area (Å²) >= 11 is 6.01. The Bertz CT molecular complexity index is 590. The van der Waals surface area contributed by atoms with Gasteiger partial charge in [-0.2, -0.15) is 4.31 Å². The van der Waals surface area contributed by atoms with Crippen molar-refractivity contribution in [2.75, 3.05) is 20.3 Å². The summed E-state index contributed by atoms with van der Waals surface area (Å²) in [4.78, 5) is 0.171. The quantitative estimate of drug-likeness (QED) is 0.856. The van der Waals surface area contributed by atoms with Crippen molar-refractivity contribution < 1.29 is 17.9 Å². The van der Waals surface area contributed by atoms with Crippen LogP contribution in [0.25, 0.3) is 0 Å². The van der Waals surface area contributed by atoms with E-state index in [1.165, 1.54) is 23.5 Å². The molecule has 1 aliphatic heterocycles. The summed E-state index contributed by atoms with van der Waals surface area (Å²) in [6, 6.07) is 4.29. The molecule has 1 heterocycles. The molecule has 0 radical (unpaired) electrons. The first-order chi connectivity index (χ1) is 9.36. The van der Waals surface area contributed by atoms with Gasteiger partial charge in [-0.05, 0) is 32.0 Å². The van der Waals surface area contributed by atoms with Crippen LogP contribution in [0.15, 0.2) is 23.1 Å². The molecule has 0 amide bonds. The summed E-state index contributed by atoms with van der Waals surface area (Å²) in [6.45, 7) is 4.42. The van der Waals surface area contributed by atoms with Gasteiger partial charge in [0.05, 0.1) is 29.7 Å². The summed E-state index contributed by atoms with van der Waals surface area (Å²) in [5.41, 5.74) is 0. The average Bonchev–Trinajstić information content (AvgIpc) is 2.41. The minimum Gasteiger partial charge on any atom is -0.495 e. The lowest BCUT2D eigenvalue weighted by atomic mass is 10.2. The van der Waals surface area contributed by atoms with Gasteiger partial charge in [-0.3, -0.25) is 0 Å². The molecule has 0 aliphatic carbocycles. The SMILES string of the molecule is COc1ccc(S(=O)(=O)N2C[C@H](C)OC[C@@H]2C)cc1Cl. The number of rotatable bonds is 3. The van der Waals surface area contributed by atoms with Gasteiger partial charge in [0, 0.05) is 12.6 Å². The fraction of sp³-hybridized carbons (Fsp3) is 0.538. The van der Waals surface area contributed by atoms with E-state index in [-0.39, 0.29) is 22.1 Å². The molecule has 2 rings (SSSR count). The van der Waals surface area contributed by atoms with E-state index in [1.54, 1.807) is 6.07 Å². The molecular formula is C13H18ClNO4S. The Morgan fingerprint density at radius 3 is 2.70 bits per heavy atom. The van der Waals surface area contributed by atoms with E-state index in [4.69, 9.17) is 21.1 Å². The molecule has 0 N–H and O–H groups in total. The molecule has 0 aromatic heterocycles. The topological polar surface area (TPSA) is 55.8 Å². The zero-order valence-electron chi connectivity index (χ0n) is 11.7. The maximum absolute atomic E-state index is 12.7. The highest BCUT2D eigenvalue weighted by Gasteiger charge is 2.34. The van der Waals surface area contributed by atoms with Crippen molar-refractivity contribution >= 4 is 21.6 Å². The Labute approximate surface area is 124 Å². The first-order valence-electron chi connectivity index (χ1n) is 6.33. The highest BCUT2D eigenvalue weighted by molar-refractivity contribution is 7.89. The third-order valence-corrected chi connectivity index (χ3v) is 5.55. The predicted octanol–water partition coefficient (Wildman–Crippen LogP) is 2.15. The van der Waals surface area contributed by atoms with Gasteiger partial charge in [0.1, 0.15) is 5.75 Å². The van der Waals surface area contributed by atoms with Gasteiger partial charge >= 0.3 is 0 Å². The van der Waals surface area contributed by atoms with Gasteiger partial charge in [-0.1, -0.05) is 11.6 Å². The lowest BCUT2D eigenvalue weighted by molar-refractivity contribution is -0.0170. The Morgan fingerprint density at radius 1 is 1.40 bits per heavy atom. The molecule has 0 spiro atoms. The zero-order valence-corrected chi connectivity index (χ0v) is 13.2. The molecule has 1 aromatic rings. The molecule has 5 nitrogen and oxygen atoms in total. The summed E-state index contributed by atoms with van der Waals surface area (Å²) in [6.07, 6.45) is -0.116. The Balaban J connectivity index is 2.36. The van der Waals surface area contributed by atoms with Crippen molar-refractivity contribution in [2.45, 2.75) is 30.9 Å². The molecule has 20 heavy (non-hydrogen) atoms. The van der Waals surface area contributed by atoms with Crippen LogP contribution in [0.1, 0.15) is 13.8 Å². The average molecular weight is 320 g/mol. The van der Waals surface area contributed by atoms with Crippen LogP contribution in [0.5, 0.6) is 5.75 Å². The van der Waals surface area contributed by atoms with Crippen molar-refractivity contribution in [2.24, 2.45) is 0 Å². The molecule has 1 aromatic carbocycles. The molecule has 1 aliphatic rings. The fourth-order valence-corrected chi connectivity index (χ4v) is 4.19. The van der Waals surface area contributed by atoms with Crippen molar-refractivity contribution in [3.8, 4) is 5.75 Å². The first-order valence-corrected chi connectivity index (χ1v) is 8.15. The largest absolute Gasteiger partial charge is 0.495 e. The van der Waals surface area contributed by atoms with E-state index in [1.807, 2.05) is 13.8 Å². The van der Waals surface area contributed by atoms with Crippen LogP contribution in [0, 0.1) is 0 Å². The molecule has 7 heteroatoms. The summed E-state index contributed by atoms with van der Waals surface area (Å²) < 4.78 is 37.3. The monoisotopic (exact) mass is 319 g/mol. The van der Waals surface area contributed by atoms with Gasteiger partial charge in [0.15, 0.2) is 0 Å². The number of sulfonamides is 1. The van der Waals surface area contributed by atoms with E-state index in [2.05, 4.69) is 0 Å². The minimum absolute atomic E-state index is 0.116. The Morgan fingerprint density at radius 2 is 2.10 bits per heavy atom. The zero-order chi connectivity index (χ0) is 14.9. The molecule has 1 saturated heterocycles. The van der Waals surface area contributed by atoms with Crippen molar-refractivity contribution in [1.29, 1.82) is 0 Å². The van der Waals surface area contributed by atoms with Crippen LogP contribution >= 0.6 is 11.6 Å². The van der Waals surface area contributed by atoms with E-state index in [0.717, 1.165) is 0 Å². The second-order valence-corrected chi connectivity index (χ2v) is 7.16. The number of morpholine rings is 1. The fourth-order valence-electron chi connectivity index (χ4n) is 2.15. The summed E-state index contributed by atoms with van der Waals surface area (Å²) in [7, 11) is -2.09. The van der Waals surface area contributed by atoms with Gasteiger partial charge in [-0.25, -0.2) is 8.42 Å². The third-order valence-electron chi connectivity index (χ3n) is 3.28. The highest BCUT2D eigenvalue weighted by Crippen LogP contribution is 2.29. The number of methoxy groups -OCH3 is 1. The van der Waals surface area contributed by atoms with Crippen molar-refractivity contribution in [3.05, 3.63) is 23.2 Å². The van der Waals surface area contributed by atoms with Crippen LogP contribution in [0.3, 0.4) is 0 Å². The third kappa shape index (κ3) is 2.93. The maximum Gasteiger partial charge on any atom is 0.243 e. The lowest BCUT2D eigenvalue weighted by Crippen LogP contribution is -2.50. The molecule has 2 atom stereocenters. The van der Waals surface area contributed by atoms with Crippen molar-refractivity contribution in [3.63, 3.8) is 0 Å². The highest BCUT2D eigenvalue weighted by atomic mass is 35.5. The lowest BCUT2D eigenvalue weighted by Gasteiger charge is -2.35. The molecular weight excluding hydrogens is 302 g/mol. The second-order valence-electron chi connectivity index (χ2n) is 4.86. The van der Waals surface area contributed by atoms with E-state index in [9.17, 15) is 8.42 Å². The van der Waals surface area contributed by atoms with Crippen LogP contribution < -0.4 is 4.74 Å². The van der Waals surface area contributed by atoms with Crippen LogP contribution in [0.2, 0.25) is 5.02 Å². The number of hydrogen-bond acceptors (Lipinski definition) is 4. The smallest absolute Gasteiger partial charge is 0.243 e. The predicted molar refractivity (Wildman–Crippen MR) is 76.8 cm³/mol. The first kappa shape index (κ1) is 15.6. The number of benzene rings is 1. The van der Waals surface area contributed by atoms with Gasteiger partial charge in [0.2, 0.25) is 10.0 Å². The standard InChI is InChI=1S/C13H18ClNO4S/c1-9-8-19-10(2)7-15(9)20(16,17)11-4-5-13(18-3)12(14)6-11/h4-6,9-10H,7-8H2,1-3H3/t9-,10-/m0/s1. The molecule has 0 saturated carbocycles. The Hall–Kier alpha value is -0.820. The minimum atomic E-state index is -3.58.